The second-order valence-corrected chi connectivity index (χ2v) is 5.69. The van der Waals surface area contributed by atoms with Crippen LogP contribution in [0, 0.1) is 0 Å². The van der Waals surface area contributed by atoms with E-state index in [0.717, 1.165) is 0 Å². The molecule has 1 atom stereocenters. The molecule has 0 spiro atoms. The number of rotatable bonds is 6. The van der Waals surface area contributed by atoms with E-state index < -0.39 is 0 Å². The van der Waals surface area contributed by atoms with E-state index in [0.29, 0.717) is 22.5 Å². The van der Waals surface area contributed by atoms with E-state index in [4.69, 9.17) is 0 Å². The highest BCUT2D eigenvalue weighted by Crippen LogP contribution is 2.18. The second-order valence-electron chi connectivity index (χ2n) is 4.74. The Morgan fingerprint density at radius 1 is 1.18 bits per heavy atom. The molecule has 22 heavy (non-hydrogen) atoms. The van der Waals surface area contributed by atoms with Crippen molar-refractivity contribution in [3.63, 3.8) is 0 Å². The van der Waals surface area contributed by atoms with Gasteiger partial charge in [-0.05, 0) is 30.0 Å². The number of thiophene rings is 1. The van der Waals surface area contributed by atoms with E-state index in [1.807, 2.05) is 12.3 Å². The van der Waals surface area contributed by atoms with Gasteiger partial charge in [0, 0.05) is 0 Å². The smallest absolute Gasteiger partial charge is 0.265 e. The molecule has 1 unspecified atom stereocenters. The normalized spacial score (nSPS) is 11.7. The maximum absolute atomic E-state index is 12.3. The lowest BCUT2D eigenvalue weighted by molar-refractivity contribution is 0.0916. The van der Waals surface area contributed by atoms with Gasteiger partial charge in [0.2, 0.25) is 0 Å². The third-order valence-corrected chi connectivity index (χ3v) is 4.08. The Balaban J connectivity index is 2.16. The van der Waals surface area contributed by atoms with Crippen LogP contribution in [0.2, 0.25) is 0 Å². The number of carbonyl (C=O) groups is 2. The van der Waals surface area contributed by atoms with Crippen LogP contribution in [0.5, 0.6) is 0 Å². The molecular formula is C16H18N2O3S. The van der Waals surface area contributed by atoms with Crippen LogP contribution in [-0.2, 0) is 0 Å². The van der Waals surface area contributed by atoms with Gasteiger partial charge in [0.25, 0.3) is 11.8 Å². The zero-order chi connectivity index (χ0) is 15.9. The first-order chi connectivity index (χ1) is 10.7. The molecule has 0 radical (unpaired) electrons. The Morgan fingerprint density at radius 3 is 2.59 bits per heavy atom. The van der Waals surface area contributed by atoms with E-state index in [1.54, 1.807) is 36.4 Å². The van der Waals surface area contributed by atoms with Gasteiger partial charge in [0.1, 0.15) is 0 Å². The van der Waals surface area contributed by atoms with Crippen molar-refractivity contribution in [1.82, 2.24) is 5.32 Å². The van der Waals surface area contributed by atoms with E-state index >= 15 is 0 Å². The first-order valence-electron chi connectivity index (χ1n) is 7.01. The first-order valence-corrected chi connectivity index (χ1v) is 7.89. The fourth-order valence-electron chi connectivity index (χ4n) is 1.92. The largest absolute Gasteiger partial charge is 0.394 e. The van der Waals surface area contributed by atoms with Gasteiger partial charge in [-0.2, -0.15) is 0 Å². The summed E-state index contributed by atoms with van der Waals surface area (Å²) in [6.07, 6.45) is 0.631. The minimum atomic E-state index is -0.317. The summed E-state index contributed by atoms with van der Waals surface area (Å²) < 4.78 is 0. The van der Waals surface area contributed by atoms with Crippen molar-refractivity contribution in [2.45, 2.75) is 19.4 Å². The maximum Gasteiger partial charge on any atom is 0.265 e. The second kappa shape index (κ2) is 7.72. The molecule has 1 aromatic carbocycles. The Labute approximate surface area is 133 Å². The van der Waals surface area contributed by atoms with Crippen molar-refractivity contribution in [2.24, 2.45) is 0 Å². The van der Waals surface area contributed by atoms with Crippen LogP contribution in [0.25, 0.3) is 0 Å². The van der Waals surface area contributed by atoms with Crippen molar-refractivity contribution in [1.29, 1.82) is 0 Å². The number of para-hydroxylation sites is 1. The number of aliphatic hydroxyl groups is 1. The highest BCUT2D eigenvalue weighted by molar-refractivity contribution is 7.12. The van der Waals surface area contributed by atoms with E-state index in [-0.39, 0.29) is 24.5 Å². The Kier molecular flexibility index (Phi) is 5.68. The lowest BCUT2D eigenvalue weighted by Crippen LogP contribution is -2.37. The number of amides is 2. The predicted molar refractivity (Wildman–Crippen MR) is 87.3 cm³/mol. The Bertz CT molecular complexity index is 637. The van der Waals surface area contributed by atoms with Gasteiger partial charge in [-0.1, -0.05) is 25.1 Å². The summed E-state index contributed by atoms with van der Waals surface area (Å²) >= 11 is 1.34. The summed E-state index contributed by atoms with van der Waals surface area (Å²) in [6.45, 7) is 1.76. The topological polar surface area (TPSA) is 78.4 Å². The van der Waals surface area contributed by atoms with Crippen LogP contribution in [0.4, 0.5) is 5.69 Å². The van der Waals surface area contributed by atoms with Crippen LogP contribution in [0.1, 0.15) is 33.4 Å². The number of benzene rings is 1. The highest BCUT2D eigenvalue weighted by Gasteiger charge is 2.16. The molecule has 0 aliphatic carbocycles. The third kappa shape index (κ3) is 3.93. The van der Waals surface area contributed by atoms with Crippen LogP contribution in [0.15, 0.2) is 41.8 Å². The average molecular weight is 318 g/mol. The van der Waals surface area contributed by atoms with Crippen LogP contribution in [-0.4, -0.2) is 29.6 Å². The monoisotopic (exact) mass is 318 g/mol. The quantitative estimate of drug-likeness (QED) is 0.766. The lowest BCUT2D eigenvalue weighted by atomic mass is 10.1. The molecule has 2 amide bonds. The molecule has 0 saturated heterocycles. The number of aliphatic hydroxyl groups excluding tert-OH is 1. The summed E-state index contributed by atoms with van der Waals surface area (Å²) in [7, 11) is 0. The molecule has 1 heterocycles. The average Bonchev–Trinajstić information content (AvgIpc) is 3.07. The van der Waals surface area contributed by atoms with Crippen LogP contribution >= 0.6 is 11.3 Å². The van der Waals surface area contributed by atoms with E-state index in [2.05, 4.69) is 10.6 Å². The van der Waals surface area contributed by atoms with Gasteiger partial charge in [-0.3, -0.25) is 9.59 Å². The minimum absolute atomic E-state index is 0.119. The van der Waals surface area contributed by atoms with Crippen molar-refractivity contribution in [3.8, 4) is 0 Å². The molecule has 1 aromatic heterocycles. The summed E-state index contributed by atoms with van der Waals surface area (Å²) in [6, 6.07) is 10.0. The molecule has 0 bridgehead atoms. The standard InChI is InChI=1S/C16H18N2O3S/c1-2-11(10-19)17-15(20)12-6-3-4-7-13(12)18-16(21)14-8-5-9-22-14/h3-9,11,19H,2,10H2,1H3,(H,17,20)(H,18,21). The van der Waals surface area contributed by atoms with E-state index in [9.17, 15) is 14.7 Å². The van der Waals surface area contributed by atoms with Crippen molar-refractivity contribution in [3.05, 3.63) is 52.2 Å². The highest BCUT2D eigenvalue weighted by atomic mass is 32.1. The molecular weight excluding hydrogens is 300 g/mol. The minimum Gasteiger partial charge on any atom is -0.394 e. The Morgan fingerprint density at radius 2 is 1.95 bits per heavy atom. The number of hydrogen-bond donors (Lipinski definition) is 3. The van der Waals surface area contributed by atoms with Gasteiger partial charge >= 0.3 is 0 Å². The summed E-state index contributed by atoms with van der Waals surface area (Å²) in [5.74, 6) is -0.563. The van der Waals surface area contributed by atoms with Gasteiger partial charge in [0.15, 0.2) is 0 Å². The van der Waals surface area contributed by atoms with Crippen LogP contribution < -0.4 is 10.6 Å². The number of anilines is 1. The predicted octanol–water partition coefficient (Wildman–Crippen LogP) is 2.50. The van der Waals surface area contributed by atoms with Crippen molar-refractivity contribution in [2.75, 3.05) is 11.9 Å². The third-order valence-electron chi connectivity index (χ3n) is 3.21. The molecule has 2 rings (SSSR count). The molecule has 5 nitrogen and oxygen atoms in total. The molecule has 2 aromatic rings. The number of hydrogen-bond acceptors (Lipinski definition) is 4. The van der Waals surface area contributed by atoms with Gasteiger partial charge in [0.05, 0.1) is 28.8 Å². The maximum atomic E-state index is 12.3. The molecule has 3 N–H and O–H groups in total. The molecule has 0 saturated carbocycles. The van der Waals surface area contributed by atoms with Gasteiger partial charge in [-0.25, -0.2) is 0 Å². The Hall–Kier alpha value is -2.18. The van der Waals surface area contributed by atoms with E-state index in [1.165, 1.54) is 11.3 Å². The molecule has 0 fully saturated rings. The van der Waals surface area contributed by atoms with Crippen molar-refractivity contribution < 1.29 is 14.7 Å². The van der Waals surface area contributed by atoms with Gasteiger partial charge < -0.3 is 15.7 Å². The zero-order valence-corrected chi connectivity index (χ0v) is 13.0. The lowest BCUT2D eigenvalue weighted by Gasteiger charge is -2.16. The van der Waals surface area contributed by atoms with Crippen molar-refractivity contribution >= 4 is 28.8 Å². The number of nitrogens with one attached hydrogen (secondary N) is 2. The molecule has 0 aliphatic heterocycles. The van der Waals surface area contributed by atoms with Crippen LogP contribution in [0.3, 0.4) is 0 Å². The fraction of sp³-hybridized carbons (Fsp3) is 0.250. The first kappa shape index (κ1) is 16.2. The molecule has 0 aliphatic rings. The summed E-state index contributed by atoms with van der Waals surface area (Å²) in [5, 5.41) is 16.5. The number of carbonyl (C=O) groups excluding carboxylic acids is 2. The SMILES string of the molecule is CCC(CO)NC(=O)c1ccccc1NC(=O)c1cccs1. The van der Waals surface area contributed by atoms with Gasteiger partial charge in [-0.15, -0.1) is 11.3 Å². The summed E-state index contributed by atoms with van der Waals surface area (Å²) in [4.78, 5) is 25.0. The molecule has 6 heteroatoms. The molecule has 116 valence electrons. The fourth-order valence-corrected chi connectivity index (χ4v) is 2.54. The zero-order valence-electron chi connectivity index (χ0n) is 12.2. The summed E-state index contributed by atoms with van der Waals surface area (Å²) in [5.41, 5.74) is 0.825.